The summed E-state index contributed by atoms with van der Waals surface area (Å²) in [5.74, 6) is 1.73. The molecule has 0 saturated heterocycles. The molecule has 0 spiro atoms. The van der Waals surface area contributed by atoms with E-state index in [1.807, 2.05) is 24.3 Å². The lowest BCUT2D eigenvalue weighted by atomic mass is 10.2. The maximum absolute atomic E-state index is 7.40. The molecule has 9 heteroatoms. The number of ether oxygens (including phenoxy) is 2. The summed E-state index contributed by atoms with van der Waals surface area (Å²) in [6.45, 7) is 5.25. The van der Waals surface area contributed by atoms with Crippen molar-refractivity contribution in [3.05, 3.63) is 59.7 Å². The van der Waals surface area contributed by atoms with Crippen LogP contribution in [0.1, 0.15) is 24.0 Å². The van der Waals surface area contributed by atoms with E-state index in [1.54, 1.807) is 24.3 Å². The van der Waals surface area contributed by atoms with E-state index in [4.69, 9.17) is 31.8 Å². The molecule has 0 atom stereocenters. The van der Waals surface area contributed by atoms with Crippen molar-refractivity contribution >= 4 is 24.1 Å². The Labute approximate surface area is 203 Å². The van der Waals surface area contributed by atoms with Crippen LogP contribution in [-0.2, 0) is 0 Å². The number of rotatable bonds is 15. The minimum absolute atomic E-state index is 0. The maximum Gasteiger partial charge on any atom is 0.122 e. The normalized spacial score (nSPS) is 10.7. The number of nitrogens with two attached hydrogens (primary N) is 2. The summed E-state index contributed by atoms with van der Waals surface area (Å²) in [5.41, 5.74) is 12.3. The molecule has 33 heavy (non-hydrogen) atoms. The minimum atomic E-state index is 0. The molecule has 0 aliphatic heterocycles. The lowest BCUT2D eigenvalue weighted by Gasteiger charge is -2.22. The van der Waals surface area contributed by atoms with Crippen molar-refractivity contribution in [2.45, 2.75) is 12.8 Å². The molecule has 2 aromatic carbocycles. The smallest absolute Gasteiger partial charge is 0.122 e. The monoisotopic (exact) mass is 476 g/mol. The Bertz CT molecular complexity index is 774. The second-order valence-corrected chi connectivity index (χ2v) is 7.89. The Morgan fingerprint density at radius 1 is 0.667 bits per heavy atom. The van der Waals surface area contributed by atoms with Crippen molar-refractivity contribution in [1.82, 2.24) is 9.80 Å². The van der Waals surface area contributed by atoms with Crippen LogP contribution in [0.4, 0.5) is 0 Å². The van der Waals surface area contributed by atoms with Crippen LogP contribution in [0.2, 0.25) is 0 Å². The zero-order valence-corrected chi connectivity index (χ0v) is 20.4. The summed E-state index contributed by atoms with van der Waals surface area (Å²) in [7, 11) is 4.26. The van der Waals surface area contributed by atoms with Crippen molar-refractivity contribution in [3.8, 4) is 11.5 Å². The molecule has 0 unspecified atom stereocenters. The number of likely N-dealkylation sites (N-methyl/N-ethyl adjacent to an activating group) is 2. The van der Waals surface area contributed by atoms with Gasteiger partial charge in [0.15, 0.2) is 0 Å². The summed E-state index contributed by atoms with van der Waals surface area (Å²) >= 11 is 0. The largest absolute Gasteiger partial charge is 0.494 e. The third-order valence-corrected chi connectivity index (χ3v) is 5.10. The summed E-state index contributed by atoms with van der Waals surface area (Å²) in [5, 5.41) is 14.8. The number of hydrogen-bond donors (Lipinski definition) is 4. The second kappa shape index (κ2) is 15.1. The number of hydrogen-bond acceptors (Lipinski definition) is 6. The van der Waals surface area contributed by atoms with Crippen LogP contribution in [0.15, 0.2) is 48.5 Å². The van der Waals surface area contributed by atoms with Crippen LogP contribution in [0.5, 0.6) is 11.5 Å². The van der Waals surface area contributed by atoms with Crippen molar-refractivity contribution in [1.29, 1.82) is 10.8 Å². The van der Waals surface area contributed by atoms with Gasteiger partial charge in [0.2, 0.25) is 0 Å². The van der Waals surface area contributed by atoms with E-state index >= 15 is 0 Å². The average molecular weight is 477 g/mol. The van der Waals surface area contributed by atoms with Crippen LogP contribution < -0.4 is 20.9 Å². The van der Waals surface area contributed by atoms with Crippen molar-refractivity contribution in [2.75, 3.05) is 53.5 Å². The molecule has 0 aromatic heterocycles. The van der Waals surface area contributed by atoms with Crippen LogP contribution in [0, 0.1) is 10.8 Å². The fourth-order valence-electron chi connectivity index (χ4n) is 3.08. The van der Waals surface area contributed by atoms with Crippen LogP contribution in [-0.4, -0.2) is 75.0 Å². The summed E-state index contributed by atoms with van der Waals surface area (Å²) < 4.78 is 11.5. The predicted molar refractivity (Wildman–Crippen MR) is 137 cm³/mol. The van der Waals surface area contributed by atoms with Crippen molar-refractivity contribution in [3.63, 3.8) is 0 Å². The highest BCUT2D eigenvalue weighted by Crippen LogP contribution is 2.13. The first-order chi connectivity index (χ1) is 15.3. The molecule has 2 rings (SSSR count). The highest BCUT2D eigenvalue weighted by Gasteiger charge is 2.04. The first kappa shape index (κ1) is 28.2. The van der Waals surface area contributed by atoms with Crippen LogP contribution in [0.25, 0.3) is 0 Å². The highest BCUT2D eigenvalue weighted by atomic mass is 35.5. The van der Waals surface area contributed by atoms with E-state index in [-0.39, 0.29) is 24.1 Å². The lowest BCUT2D eigenvalue weighted by molar-refractivity contribution is 0.221. The third kappa shape index (κ3) is 11.1. The van der Waals surface area contributed by atoms with E-state index < -0.39 is 0 Å². The van der Waals surface area contributed by atoms with Gasteiger partial charge in [-0.25, -0.2) is 0 Å². The Hall–Kier alpha value is -2.81. The fraction of sp³-hybridized carbons (Fsp3) is 0.417. The number of nitrogens with one attached hydrogen (secondary N) is 2. The first-order valence-electron chi connectivity index (χ1n) is 10.9. The van der Waals surface area contributed by atoms with Gasteiger partial charge in [-0.1, -0.05) is 0 Å². The van der Waals surface area contributed by atoms with Gasteiger partial charge in [0, 0.05) is 37.3 Å². The van der Waals surface area contributed by atoms with Gasteiger partial charge in [-0.2, -0.15) is 0 Å². The van der Waals surface area contributed by atoms with Gasteiger partial charge in [0.1, 0.15) is 23.2 Å². The standard InChI is InChI=1S/C24H36N6O2.ClH/c1-29(13-3-17-31-21-9-5-19(6-10-21)23(25)26)15-16-30(2)14-4-18-32-22-11-7-20(8-12-22)24(27)28;/h5-12H,3-4,13-18H2,1-2H3,(H3,25,26)(H3,27,28);1H. The third-order valence-electron chi connectivity index (χ3n) is 5.10. The van der Waals surface area contributed by atoms with Gasteiger partial charge in [-0.05, 0) is 75.5 Å². The number of halogens is 1. The van der Waals surface area contributed by atoms with Gasteiger partial charge in [0.25, 0.3) is 0 Å². The molecule has 182 valence electrons. The molecular weight excluding hydrogens is 440 g/mol. The maximum atomic E-state index is 7.40. The number of amidine groups is 2. The minimum Gasteiger partial charge on any atom is -0.494 e. The predicted octanol–water partition coefficient (Wildman–Crippen LogP) is 2.78. The van der Waals surface area contributed by atoms with E-state index in [0.29, 0.717) is 24.3 Å². The second-order valence-electron chi connectivity index (χ2n) is 7.89. The van der Waals surface area contributed by atoms with Gasteiger partial charge < -0.3 is 30.7 Å². The molecule has 6 N–H and O–H groups in total. The number of benzene rings is 2. The molecule has 0 amide bonds. The number of nitrogen functional groups attached to an aromatic ring is 2. The fourth-order valence-corrected chi connectivity index (χ4v) is 3.08. The number of nitrogens with zero attached hydrogens (tertiary/aromatic N) is 2. The first-order valence-corrected chi connectivity index (χ1v) is 10.9. The molecule has 0 fully saturated rings. The average Bonchev–Trinajstić information content (AvgIpc) is 2.78. The summed E-state index contributed by atoms with van der Waals surface area (Å²) in [4.78, 5) is 4.62. The molecule has 0 radical (unpaired) electrons. The Morgan fingerprint density at radius 2 is 1.00 bits per heavy atom. The summed E-state index contributed by atoms with van der Waals surface area (Å²) in [6, 6.07) is 14.6. The zero-order valence-electron chi connectivity index (χ0n) is 19.5. The van der Waals surface area contributed by atoms with E-state index in [0.717, 1.165) is 50.5 Å². The van der Waals surface area contributed by atoms with E-state index in [9.17, 15) is 0 Å². The molecule has 0 bridgehead atoms. The molecular formula is C24H37ClN6O2. The summed E-state index contributed by atoms with van der Waals surface area (Å²) in [6.07, 6.45) is 1.90. The van der Waals surface area contributed by atoms with E-state index in [1.165, 1.54) is 0 Å². The van der Waals surface area contributed by atoms with Crippen molar-refractivity contribution < 1.29 is 9.47 Å². The van der Waals surface area contributed by atoms with Crippen LogP contribution >= 0.6 is 12.4 Å². The highest BCUT2D eigenvalue weighted by molar-refractivity contribution is 5.95. The van der Waals surface area contributed by atoms with Gasteiger partial charge in [-0.3, -0.25) is 10.8 Å². The zero-order chi connectivity index (χ0) is 23.3. The van der Waals surface area contributed by atoms with Crippen molar-refractivity contribution in [2.24, 2.45) is 11.5 Å². The van der Waals surface area contributed by atoms with Gasteiger partial charge >= 0.3 is 0 Å². The topological polar surface area (TPSA) is 125 Å². The molecule has 0 aliphatic carbocycles. The quantitative estimate of drug-likeness (QED) is 0.178. The SMILES string of the molecule is CN(CCCOc1ccc(C(=N)N)cc1)CCN(C)CCCOc1ccc(C(=N)N)cc1.Cl. The Kier molecular flexibility index (Phi) is 12.9. The molecule has 0 aliphatic rings. The molecule has 8 nitrogen and oxygen atoms in total. The Balaban J connectivity index is 0.00000544. The molecule has 2 aromatic rings. The van der Waals surface area contributed by atoms with E-state index in [2.05, 4.69) is 23.9 Å². The molecule has 0 saturated carbocycles. The van der Waals surface area contributed by atoms with Gasteiger partial charge in [-0.15, -0.1) is 12.4 Å². The molecule has 0 heterocycles. The lowest BCUT2D eigenvalue weighted by Crippen LogP contribution is -2.32. The van der Waals surface area contributed by atoms with Gasteiger partial charge in [0.05, 0.1) is 13.2 Å². The Morgan fingerprint density at radius 3 is 1.30 bits per heavy atom. The van der Waals surface area contributed by atoms with Crippen LogP contribution in [0.3, 0.4) is 0 Å².